The summed E-state index contributed by atoms with van der Waals surface area (Å²) in [4.78, 5) is 0. The number of allylic oxidation sites excluding steroid dienone is 1. The molecule has 0 nitrogen and oxygen atoms in total. The van der Waals surface area contributed by atoms with Crippen molar-refractivity contribution in [1.29, 1.82) is 0 Å². The second kappa shape index (κ2) is 6.59. The summed E-state index contributed by atoms with van der Waals surface area (Å²) >= 11 is 5.24. The van der Waals surface area contributed by atoms with Gasteiger partial charge in [-0.3, -0.25) is 0 Å². The van der Waals surface area contributed by atoms with E-state index in [-0.39, 0.29) is 0 Å². The Balaban J connectivity index is 0.000000251. The molecule has 67 valence electrons. The van der Waals surface area contributed by atoms with E-state index in [1.807, 2.05) is 0 Å². The van der Waals surface area contributed by atoms with Crippen LogP contribution in [0.5, 0.6) is 0 Å². The molecule has 0 heterocycles. The zero-order chi connectivity index (χ0) is 9.68. The fourth-order valence-electron chi connectivity index (χ4n) is 1.31. The second-order valence-corrected chi connectivity index (χ2v) is 15.9. The maximum atomic E-state index is 2.40. The summed E-state index contributed by atoms with van der Waals surface area (Å²) < 4.78 is 0. The van der Waals surface area contributed by atoms with Gasteiger partial charge >= 0.3 is 50.0 Å². The van der Waals surface area contributed by atoms with E-state index in [0.717, 1.165) is 0 Å². The van der Waals surface area contributed by atoms with Crippen LogP contribution in [0.25, 0.3) is 6.08 Å². The quantitative estimate of drug-likeness (QED) is 0.422. The molecule has 0 spiro atoms. The molecule has 0 fully saturated rings. The Hall–Kier alpha value is 1.13. The van der Waals surface area contributed by atoms with Crippen LogP contribution in [0.1, 0.15) is 18.1 Å². The Morgan fingerprint density at radius 2 is 1.69 bits per heavy atom. The van der Waals surface area contributed by atoms with E-state index in [1.54, 1.807) is 0 Å². The Labute approximate surface area is 109 Å². The van der Waals surface area contributed by atoms with Crippen LogP contribution in [0, 0.1) is 5.92 Å². The minimum absolute atomic E-state index is 0.440. The van der Waals surface area contributed by atoms with Gasteiger partial charge in [0.1, 0.15) is 0 Å². The van der Waals surface area contributed by atoms with Crippen molar-refractivity contribution in [3.05, 3.63) is 47.4 Å². The van der Waals surface area contributed by atoms with Gasteiger partial charge in [-0.1, -0.05) is 43.3 Å². The topological polar surface area (TPSA) is 0 Å². The Morgan fingerprint density at radius 3 is 2.31 bits per heavy atom. The van der Waals surface area contributed by atoms with Crippen LogP contribution in [-0.2, 0) is 11.7 Å². The number of hydrogen-bond donors (Lipinski definition) is 0. The van der Waals surface area contributed by atoms with Gasteiger partial charge in [-0.25, -0.2) is 0 Å². The fraction of sp³-hybridized carbons (Fsp3) is 0.100. The van der Waals surface area contributed by atoms with Crippen molar-refractivity contribution < 1.29 is 11.7 Å². The van der Waals surface area contributed by atoms with Crippen LogP contribution >= 0.6 is 38.4 Å². The van der Waals surface area contributed by atoms with Gasteiger partial charge in [0.15, 0.2) is 0 Å². The van der Waals surface area contributed by atoms with E-state index < -0.39 is 0 Å². The molecule has 0 amide bonds. The monoisotopic (exact) mass is 431 g/mol. The summed E-state index contributed by atoms with van der Waals surface area (Å²) in [5.41, 5.74) is 2.72. The van der Waals surface area contributed by atoms with Gasteiger partial charge in [-0.05, 0) is 11.1 Å². The van der Waals surface area contributed by atoms with Crippen LogP contribution in [0.15, 0.2) is 30.3 Å². The van der Waals surface area contributed by atoms with E-state index in [1.165, 1.54) is 17.0 Å². The number of halogens is 2. The maximum absolute atomic E-state index is 2.40. The molecular weight excluding hydrogens is 422 g/mol. The van der Waals surface area contributed by atoms with Gasteiger partial charge in [-0.15, -0.1) is 0 Å². The molecule has 0 unspecified atom stereocenters. The minimum atomic E-state index is 0.440. The number of rotatable bonds is 0. The van der Waals surface area contributed by atoms with Gasteiger partial charge in [0.05, 0.1) is 0 Å². The molecule has 1 aromatic rings. The van der Waals surface area contributed by atoms with Gasteiger partial charge in [0, 0.05) is 5.92 Å². The number of hydrogen-bond acceptors (Lipinski definition) is 0. The van der Waals surface area contributed by atoms with Crippen LogP contribution < -0.4 is 0 Å². The first kappa shape index (κ1) is 12.2. The predicted molar refractivity (Wildman–Crippen MR) is 71.5 cm³/mol. The van der Waals surface area contributed by atoms with E-state index in [2.05, 4.69) is 81.7 Å². The van der Waals surface area contributed by atoms with Crippen molar-refractivity contribution >= 4 is 44.5 Å². The molecule has 0 aromatic heterocycles. The van der Waals surface area contributed by atoms with Crippen molar-refractivity contribution in [1.82, 2.24) is 0 Å². The first-order chi connectivity index (χ1) is 6.29. The standard InChI is InChI=1S/C10H9.2HI.Ti/c1-8-6-7-9-4-2-3-5-10(8)9;;;/h2-7H,1H3;2*1H;/q;;;+2/p-2. The fourth-order valence-corrected chi connectivity index (χ4v) is 1.31. The van der Waals surface area contributed by atoms with Gasteiger partial charge in [0.25, 0.3) is 0 Å². The SMILES string of the molecule is C[C]1C=Cc2ccccc21.[I][Ti][I]. The zero-order valence-electron chi connectivity index (χ0n) is 7.22. The Kier molecular flexibility index (Phi) is 6.18. The summed E-state index contributed by atoms with van der Waals surface area (Å²) in [6.07, 6.45) is 4.31. The number of fused-ring (bicyclic) bond motifs is 1. The van der Waals surface area contributed by atoms with Crippen LogP contribution in [0.3, 0.4) is 0 Å². The molecular formula is C10H9I2Ti. The summed E-state index contributed by atoms with van der Waals surface area (Å²) in [7, 11) is 0. The zero-order valence-corrected chi connectivity index (χ0v) is 13.1. The van der Waals surface area contributed by atoms with E-state index in [0.29, 0.717) is 11.7 Å². The van der Waals surface area contributed by atoms with Crippen molar-refractivity contribution in [2.45, 2.75) is 6.92 Å². The number of benzene rings is 1. The third kappa shape index (κ3) is 3.65. The van der Waals surface area contributed by atoms with Crippen LogP contribution in [0.4, 0.5) is 0 Å². The normalized spacial score (nSPS) is 13.2. The molecule has 13 heavy (non-hydrogen) atoms. The van der Waals surface area contributed by atoms with Gasteiger partial charge in [0.2, 0.25) is 0 Å². The second-order valence-electron chi connectivity index (χ2n) is 2.68. The van der Waals surface area contributed by atoms with E-state index in [9.17, 15) is 0 Å². The summed E-state index contributed by atoms with van der Waals surface area (Å²) in [5, 5.41) is 0. The molecule has 0 saturated carbocycles. The molecule has 3 heteroatoms. The molecule has 0 aliphatic heterocycles. The molecule has 1 aliphatic rings. The third-order valence-corrected chi connectivity index (χ3v) is 1.90. The van der Waals surface area contributed by atoms with Gasteiger partial charge < -0.3 is 0 Å². The first-order valence-corrected chi connectivity index (χ1v) is 13.9. The molecule has 1 aromatic carbocycles. The van der Waals surface area contributed by atoms with Crippen molar-refractivity contribution in [2.75, 3.05) is 0 Å². The molecule has 2 rings (SSSR count). The summed E-state index contributed by atoms with van der Waals surface area (Å²) in [6, 6.07) is 8.45. The van der Waals surface area contributed by atoms with Crippen molar-refractivity contribution in [3.8, 4) is 0 Å². The Bertz CT molecular complexity index is 297. The average Bonchev–Trinajstić information content (AvgIpc) is 2.50. The van der Waals surface area contributed by atoms with Crippen molar-refractivity contribution in [3.63, 3.8) is 0 Å². The summed E-state index contributed by atoms with van der Waals surface area (Å²) in [5.74, 6) is 1.37. The van der Waals surface area contributed by atoms with Crippen molar-refractivity contribution in [2.24, 2.45) is 0 Å². The molecule has 0 atom stereocenters. The van der Waals surface area contributed by atoms with E-state index >= 15 is 0 Å². The third-order valence-electron chi connectivity index (χ3n) is 1.90. The average molecular weight is 431 g/mol. The molecule has 0 bridgehead atoms. The molecule has 1 radical (unpaired) electrons. The molecule has 1 aliphatic carbocycles. The van der Waals surface area contributed by atoms with Gasteiger partial charge in [-0.2, -0.15) is 0 Å². The molecule has 0 N–H and O–H groups in total. The van der Waals surface area contributed by atoms with E-state index in [4.69, 9.17) is 0 Å². The Morgan fingerprint density at radius 1 is 1.08 bits per heavy atom. The predicted octanol–water partition coefficient (Wildman–Crippen LogP) is 4.42. The first-order valence-electron chi connectivity index (χ1n) is 3.87. The van der Waals surface area contributed by atoms with Crippen LogP contribution in [-0.4, -0.2) is 0 Å². The van der Waals surface area contributed by atoms with Crippen LogP contribution in [0.2, 0.25) is 0 Å². The summed E-state index contributed by atoms with van der Waals surface area (Å²) in [6.45, 7) is 2.14. The molecule has 0 saturated heterocycles.